The number of benzene rings is 2. The minimum absolute atomic E-state index is 0.0316. The normalized spacial score (nSPS) is 13.9. The molecular formula is C26H23N5O2S. The van der Waals surface area contributed by atoms with E-state index >= 15 is 0 Å². The molecule has 1 N–H and O–H groups in total. The molecule has 0 unspecified atom stereocenters. The molecule has 1 aliphatic heterocycles. The first-order valence-electron chi connectivity index (χ1n) is 11.0. The maximum Gasteiger partial charge on any atom is 0.262 e. The Morgan fingerprint density at radius 2 is 2.06 bits per heavy atom. The Hall–Kier alpha value is -4.04. The van der Waals surface area contributed by atoms with Crippen molar-refractivity contribution in [2.75, 3.05) is 11.9 Å². The molecule has 2 aromatic carbocycles. The van der Waals surface area contributed by atoms with Crippen LogP contribution in [0.5, 0.6) is 5.75 Å². The summed E-state index contributed by atoms with van der Waals surface area (Å²) in [5.74, 6) is 0.498. The van der Waals surface area contributed by atoms with Crippen molar-refractivity contribution < 1.29 is 9.53 Å². The molecule has 0 aliphatic carbocycles. The second kappa shape index (κ2) is 9.84. The molecule has 1 amide bonds. The summed E-state index contributed by atoms with van der Waals surface area (Å²) in [7, 11) is 0. The standard InChI is InChI=1S/C26H23N5O2S/c1-18(9-10-19-6-3-2-4-7-19)30-31-23(17-34-26(31)28-21-8-5-13-27-15-21)20-11-12-24-22(14-20)29-25(32)16-33-24/h2-8,11-15,17H,9-10,16H2,1H3,(H,29,32). The Labute approximate surface area is 201 Å². The predicted molar refractivity (Wildman–Crippen MR) is 135 cm³/mol. The summed E-state index contributed by atoms with van der Waals surface area (Å²) >= 11 is 1.50. The Morgan fingerprint density at radius 3 is 2.88 bits per heavy atom. The number of ether oxygens (including phenoxy) is 1. The van der Waals surface area contributed by atoms with Crippen molar-refractivity contribution in [2.45, 2.75) is 19.8 Å². The van der Waals surface area contributed by atoms with Gasteiger partial charge in [-0.25, -0.2) is 9.67 Å². The number of fused-ring (bicyclic) bond motifs is 1. The summed E-state index contributed by atoms with van der Waals surface area (Å²) in [6.07, 6.45) is 5.18. The summed E-state index contributed by atoms with van der Waals surface area (Å²) in [5, 5.41) is 9.85. The average molecular weight is 470 g/mol. The van der Waals surface area contributed by atoms with E-state index in [1.54, 1.807) is 12.4 Å². The van der Waals surface area contributed by atoms with Crippen LogP contribution in [0, 0.1) is 0 Å². The predicted octanol–water partition coefficient (Wildman–Crippen LogP) is 5.03. The minimum atomic E-state index is -0.162. The topological polar surface area (TPSA) is 80.9 Å². The van der Waals surface area contributed by atoms with Gasteiger partial charge in [-0.3, -0.25) is 9.78 Å². The quantitative estimate of drug-likeness (QED) is 0.402. The number of rotatable bonds is 6. The fourth-order valence-corrected chi connectivity index (χ4v) is 4.49. The van der Waals surface area contributed by atoms with E-state index in [1.165, 1.54) is 16.9 Å². The van der Waals surface area contributed by atoms with Gasteiger partial charge in [0.05, 0.1) is 23.3 Å². The largest absolute Gasteiger partial charge is 0.482 e. The number of hydrogen-bond acceptors (Lipinski definition) is 6. The molecule has 0 atom stereocenters. The molecule has 3 heterocycles. The molecule has 5 rings (SSSR count). The second-order valence-corrected chi connectivity index (χ2v) is 8.74. The molecule has 4 aromatic rings. The van der Waals surface area contributed by atoms with Crippen LogP contribution in [-0.4, -0.2) is 27.9 Å². The van der Waals surface area contributed by atoms with E-state index in [2.05, 4.69) is 34.6 Å². The van der Waals surface area contributed by atoms with Gasteiger partial charge in [0, 0.05) is 22.9 Å². The maximum atomic E-state index is 11.8. The van der Waals surface area contributed by atoms with E-state index in [1.807, 2.05) is 53.4 Å². The lowest BCUT2D eigenvalue weighted by Gasteiger charge is -2.18. The molecule has 0 bridgehead atoms. The fourth-order valence-electron chi connectivity index (χ4n) is 3.64. The number of aromatic nitrogens is 2. The van der Waals surface area contributed by atoms with Crippen LogP contribution in [0.2, 0.25) is 0 Å². The molecule has 1 aliphatic rings. The maximum absolute atomic E-state index is 11.8. The number of nitrogens with zero attached hydrogens (tertiary/aromatic N) is 4. The van der Waals surface area contributed by atoms with Crippen LogP contribution in [0.25, 0.3) is 11.3 Å². The second-order valence-electron chi connectivity index (χ2n) is 7.91. The third-order valence-electron chi connectivity index (χ3n) is 5.35. The highest BCUT2D eigenvalue weighted by molar-refractivity contribution is 7.07. The van der Waals surface area contributed by atoms with Crippen molar-refractivity contribution in [1.29, 1.82) is 0 Å². The number of hydrogen-bond donors (Lipinski definition) is 1. The molecule has 0 radical (unpaired) electrons. The number of nitrogens with one attached hydrogen (secondary N) is 1. The number of thiazole rings is 1. The summed E-state index contributed by atoms with van der Waals surface area (Å²) in [6.45, 7) is 2.07. The highest BCUT2D eigenvalue weighted by Crippen LogP contribution is 2.33. The van der Waals surface area contributed by atoms with Crippen molar-refractivity contribution >= 4 is 34.3 Å². The van der Waals surface area contributed by atoms with Gasteiger partial charge in [0.1, 0.15) is 5.75 Å². The Bertz CT molecular complexity index is 1410. The van der Waals surface area contributed by atoms with Gasteiger partial charge in [0.25, 0.3) is 5.91 Å². The van der Waals surface area contributed by atoms with Crippen LogP contribution in [0.4, 0.5) is 11.4 Å². The van der Waals surface area contributed by atoms with E-state index in [0.717, 1.165) is 40.3 Å². The Balaban J connectivity index is 1.54. The van der Waals surface area contributed by atoms with Crippen LogP contribution < -0.4 is 14.9 Å². The van der Waals surface area contributed by atoms with Crippen molar-refractivity contribution in [1.82, 2.24) is 9.66 Å². The van der Waals surface area contributed by atoms with Crippen molar-refractivity contribution in [2.24, 2.45) is 10.1 Å². The van der Waals surface area contributed by atoms with E-state index in [4.69, 9.17) is 14.8 Å². The summed E-state index contributed by atoms with van der Waals surface area (Å²) < 4.78 is 7.38. The van der Waals surface area contributed by atoms with Crippen LogP contribution in [0.15, 0.2) is 88.5 Å². The first-order chi connectivity index (χ1) is 16.7. The van der Waals surface area contributed by atoms with Crippen molar-refractivity contribution in [3.8, 4) is 17.0 Å². The number of carbonyl (C=O) groups excluding carboxylic acids is 1. The van der Waals surface area contributed by atoms with Crippen molar-refractivity contribution in [3.05, 3.63) is 88.8 Å². The number of pyridine rings is 1. The van der Waals surface area contributed by atoms with Gasteiger partial charge in [-0.15, -0.1) is 11.3 Å². The molecular weight excluding hydrogens is 446 g/mol. The molecule has 0 saturated carbocycles. The van der Waals surface area contributed by atoms with Gasteiger partial charge in [-0.1, -0.05) is 30.3 Å². The van der Waals surface area contributed by atoms with Gasteiger partial charge < -0.3 is 10.1 Å². The van der Waals surface area contributed by atoms with Gasteiger partial charge >= 0.3 is 0 Å². The van der Waals surface area contributed by atoms with E-state index in [9.17, 15) is 4.79 Å². The smallest absolute Gasteiger partial charge is 0.262 e. The number of carbonyl (C=O) groups is 1. The third kappa shape index (κ3) is 4.97. The molecule has 0 saturated heterocycles. The molecule has 0 spiro atoms. The zero-order valence-corrected chi connectivity index (χ0v) is 19.5. The van der Waals surface area contributed by atoms with E-state index in [-0.39, 0.29) is 12.5 Å². The van der Waals surface area contributed by atoms with Gasteiger partial charge in [0.15, 0.2) is 6.61 Å². The van der Waals surface area contributed by atoms with Crippen LogP contribution in [0.1, 0.15) is 18.9 Å². The number of anilines is 1. The summed E-state index contributed by atoms with van der Waals surface area (Å²) in [5.41, 5.74) is 5.47. The molecule has 2 aromatic heterocycles. The van der Waals surface area contributed by atoms with Crippen LogP contribution >= 0.6 is 11.3 Å². The highest BCUT2D eigenvalue weighted by Gasteiger charge is 2.18. The van der Waals surface area contributed by atoms with Gasteiger partial charge in [-0.2, -0.15) is 5.10 Å². The first-order valence-corrected chi connectivity index (χ1v) is 11.8. The molecule has 0 fully saturated rings. The van der Waals surface area contributed by atoms with Crippen LogP contribution in [-0.2, 0) is 11.2 Å². The van der Waals surface area contributed by atoms with Crippen molar-refractivity contribution in [3.63, 3.8) is 0 Å². The summed E-state index contributed by atoms with van der Waals surface area (Å²) in [6, 6.07) is 19.9. The van der Waals surface area contributed by atoms with Gasteiger partial charge in [0.2, 0.25) is 4.80 Å². The van der Waals surface area contributed by atoms with E-state index < -0.39 is 0 Å². The lowest BCUT2D eigenvalue weighted by atomic mass is 10.1. The molecule has 170 valence electrons. The Morgan fingerprint density at radius 1 is 1.18 bits per heavy atom. The zero-order valence-electron chi connectivity index (χ0n) is 18.6. The number of aryl methyl sites for hydroxylation is 1. The first kappa shape index (κ1) is 21.8. The third-order valence-corrected chi connectivity index (χ3v) is 6.17. The lowest BCUT2D eigenvalue weighted by Crippen LogP contribution is -2.25. The average Bonchev–Trinajstić information content (AvgIpc) is 3.25. The number of amides is 1. The monoisotopic (exact) mass is 469 g/mol. The molecule has 34 heavy (non-hydrogen) atoms. The van der Waals surface area contributed by atoms with E-state index in [0.29, 0.717) is 11.4 Å². The zero-order chi connectivity index (χ0) is 23.3. The highest BCUT2D eigenvalue weighted by atomic mass is 32.1. The summed E-state index contributed by atoms with van der Waals surface area (Å²) in [4.78, 5) is 21.5. The Kier molecular flexibility index (Phi) is 6.31. The molecule has 7 nitrogen and oxygen atoms in total. The van der Waals surface area contributed by atoms with Crippen LogP contribution in [0.3, 0.4) is 0 Å². The SMILES string of the molecule is CC(CCc1ccccc1)=Nn1c(-c2ccc3c(c2)NC(=O)CO3)csc1=Nc1cccnc1. The fraction of sp³-hybridized carbons (Fsp3) is 0.154. The minimum Gasteiger partial charge on any atom is -0.482 e. The van der Waals surface area contributed by atoms with Gasteiger partial charge in [-0.05, 0) is 55.7 Å². The lowest BCUT2D eigenvalue weighted by molar-refractivity contribution is -0.118. The molecule has 8 heteroatoms.